The molecule has 0 atom stereocenters. The van der Waals surface area contributed by atoms with Gasteiger partial charge in [-0.25, -0.2) is 0 Å². The Morgan fingerprint density at radius 2 is 2.16 bits per heavy atom. The molecule has 1 heterocycles. The summed E-state index contributed by atoms with van der Waals surface area (Å²) in [6, 6.07) is 7.47. The first-order valence-electron chi connectivity index (χ1n) is 5.22. The maximum atomic E-state index is 11.6. The van der Waals surface area contributed by atoms with Gasteiger partial charge in [-0.05, 0) is 34.1 Å². The van der Waals surface area contributed by atoms with E-state index in [2.05, 4.69) is 15.9 Å². The number of furan rings is 1. The highest BCUT2D eigenvalue weighted by molar-refractivity contribution is 9.10. The highest BCUT2D eigenvalue weighted by atomic mass is 79.9. The highest BCUT2D eigenvalue weighted by Gasteiger charge is 2.17. The zero-order chi connectivity index (χ0) is 13.8. The van der Waals surface area contributed by atoms with Crippen LogP contribution in [0.25, 0.3) is 0 Å². The number of Topliss-reactive ketones (excluding diaryl/α,β-unsaturated/α-hetero) is 1. The van der Waals surface area contributed by atoms with Crippen molar-refractivity contribution < 1.29 is 18.9 Å². The predicted molar refractivity (Wildman–Crippen MR) is 69.3 cm³/mol. The third-order valence-corrected chi connectivity index (χ3v) is 3.09. The molecular formula is C12H8BrNO5. The molecular weight excluding hydrogens is 318 g/mol. The van der Waals surface area contributed by atoms with Gasteiger partial charge < -0.3 is 9.15 Å². The van der Waals surface area contributed by atoms with Crippen molar-refractivity contribution in [2.24, 2.45) is 0 Å². The molecule has 0 bridgehead atoms. The van der Waals surface area contributed by atoms with Crippen LogP contribution in [0.1, 0.15) is 10.6 Å². The van der Waals surface area contributed by atoms with Gasteiger partial charge in [0.25, 0.3) is 5.69 Å². The molecule has 0 saturated carbocycles. The van der Waals surface area contributed by atoms with Crippen LogP contribution in [0.5, 0.6) is 5.75 Å². The van der Waals surface area contributed by atoms with Gasteiger partial charge in [0.2, 0.25) is 5.78 Å². The summed E-state index contributed by atoms with van der Waals surface area (Å²) in [5, 5.41) is 10.7. The molecule has 1 aromatic heterocycles. The Balaban J connectivity index is 2.10. The van der Waals surface area contributed by atoms with Gasteiger partial charge in [0.15, 0.2) is 12.4 Å². The first kappa shape index (κ1) is 13.3. The summed E-state index contributed by atoms with van der Waals surface area (Å²) in [5.41, 5.74) is -0.122. The molecule has 0 unspecified atom stereocenters. The second kappa shape index (κ2) is 5.66. The van der Waals surface area contributed by atoms with Crippen molar-refractivity contribution in [2.45, 2.75) is 0 Å². The second-order valence-corrected chi connectivity index (χ2v) is 4.33. The summed E-state index contributed by atoms with van der Waals surface area (Å²) < 4.78 is 10.4. The van der Waals surface area contributed by atoms with Crippen LogP contribution < -0.4 is 4.74 Å². The molecule has 0 spiro atoms. The van der Waals surface area contributed by atoms with Gasteiger partial charge >= 0.3 is 0 Å². The maximum Gasteiger partial charge on any atom is 0.287 e. The average molecular weight is 326 g/mol. The van der Waals surface area contributed by atoms with Crippen LogP contribution in [0.3, 0.4) is 0 Å². The largest absolute Gasteiger partial charge is 0.484 e. The van der Waals surface area contributed by atoms with Crippen molar-refractivity contribution in [3.8, 4) is 5.75 Å². The van der Waals surface area contributed by atoms with E-state index in [1.165, 1.54) is 30.5 Å². The number of hydrogen-bond donors (Lipinski definition) is 0. The molecule has 0 aliphatic heterocycles. The van der Waals surface area contributed by atoms with Crippen molar-refractivity contribution in [1.82, 2.24) is 0 Å². The molecule has 0 saturated heterocycles. The summed E-state index contributed by atoms with van der Waals surface area (Å²) in [6.45, 7) is -0.257. The van der Waals surface area contributed by atoms with E-state index in [9.17, 15) is 14.9 Å². The number of nitro groups is 1. The predicted octanol–water partition coefficient (Wildman–Crippen LogP) is 3.21. The van der Waals surface area contributed by atoms with E-state index in [-0.39, 0.29) is 34.1 Å². The van der Waals surface area contributed by atoms with E-state index in [4.69, 9.17) is 9.15 Å². The van der Waals surface area contributed by atoms with Crippen LogP contribution >= 0.6 is 15.9 Å². The number of hydrogen-bond acceptors (Lipinski definition) is 5. The first-order valence-corrected chi connectivity index (χ1v) is 6.01. The van der Waals surface area contributed by atoms with E-state index in [1.807, 2.05) is 0 Å². The number of nitrogens with zero attached hydrogens (tertiary/aromatic N) is 1. The van der Waals surface area contributed by atoms with Gasteiger partial charge in [0.05, 0.1) is 11.2 Å². The van der Waals surface area contributed by atoms with Crippen LogP contribution in [-0.2, 0) is 0 Å². The van der Waals surface area contributed by atoms with Crippen LogP contribution in [0.2, 0.25) is 0 Å². The smallest absolute Gasteiger partial charge is 0.287 e. The first-order chi connectivity index (χ1) is 9.09. The molecule has 2 rings (SSSR count). The molecule has 6 nitrogen and oxygen atoms in total. The number of benzene rings is 1. The van der Waals surface area contributed by atoms with Crippen LogP contribution in [0.4, 0.5) is 5.69 Å². The quantitative estimate of drug-likeness (QED) is 0.479. The Bertz CT molecular complexity index is 609. The minimum Gasteiger partial charge on any atom is -0.484 e. The standard InChI is InChI=1S/C12H8BrNO5/c13-12-8(14(16)17)3-1-4-11(12)19-7-9(15)10-5-2-6-18-10/h1-6H,7H2. The molecule has 7 heteroatoms. The lowest BCUT2D eigenvalue weighted by Crippen LogP contribution is -2.11. The molecule has 1 aromatic carbocycles. The Kier molecular flexibility index (Phi) is 3.96. The summed E-state index contributed by atoms with van der Waals surface area (Å²) in [5.74, 6) is 0.0686. The summed E-state index contributed by atoms with van der Waals surface area (Å²) >= 11 is 3.08. The zero-order valence-corrected chi connectivity index (χ0v) is 11.1. The molecule has 0 aliphatic rings. The SMILES string of the molecule is O=C(COc1cccc([N+](=O)[O-])c1Br)c1ccco1. The van der Waals surface area contributed by atoms with Gasteiger partial charge in [-0.1, -0.05) is 6.07 Å². The minimum atomic E-state index is -0.536. The molecule has 0 aliphatic carbocycles. The minimum absolute atomic E-state index is 0.122. The highest BCUT2D eigenvalue weighted by Crippen LogP contribution is 2.33. The topological polar surface area (TPSA) is 82.6 Å². The van der Waals surface area contributed by atoms with Crippen molar-refractivity contribution in [3.05, 3.63) is 56.9 Å². The van der Waals surface area contributed by atoms with E-state index in [0.717, 1.165) is 0 Å². The van der Waals surface area contributed by atoms with E-state index in [1.54, 1.807) is 6.07 Å². The number of halogens is 1. The number of rotatable bonds is 5. The van der Waals surface area contributed by atoms with Crippen molar-refractivity contribution in [1.29, 1.82) is 0 Å². The molecule has 0 amide bonds. The number of carbonyl (C=O) groups is 1. The Morgan fingerprint density at radius 1 is 1.37 bits per heavy atom. The molecule has 0 radical (unpaired) electrons. The summed E-state index contributed by atoms with van der Waals surface area (Å²) in [4.78, 5) is 21.8. The Labute approximate surface area is 116 Å². The average Bonchev–Trinajstić information content (AvgIpc) is 2.90. The van der Waals surface area contributed by atoms with Crippen LogP contribution in [-0.4, -0.2) is 17.3 Å². The lowest BCUT2D eigenvalue weighted by molar-refractivity contribution is -0.385. The van der Waals surface area contributed by atoms with E-state index < -0.39 is 4.92 Å². The third-order valence-electron chi connectivity index (χ3n) is 2.29. The molecule has 0 fully saturated rings. The Hall–Kier alpha value is -2.15. The van der Waals surface area contributed by atoms with E-state index in [0.29, 0.717) is 0 Å². The van der Waals surface area contributed by atoms with Crippen molar-refractivity contribution in [3.63, 3.8) is 0 Å². The summed E-state index contributed by atoms with van der Waals surface area (Å²) in [6.07, 6.45) is 1.39. The fraction of sp³-hybridized carbons (Fsp3) is 0.0833. The molecule has 0 N–H and O–H groups in total. The van der Waals surface area contributed by atoms with Gasteiger partial charge in [0, 0.05) is 6.07 Å². The number of ketones is 1. The van der Waals surface area contributed by atoms with Gasteiger partial charge in [-0.2, -0.15) is 0 Å². The van der Waals surface area contributed by atoms with Crippen LogP contribution in [0.15, 0.2) is 45.5 Å². The lowest BCUT2D eigenvalue weighted by Gasteiger charge is -2.06. The lowest BCUT2D eigenvalue weighted by atomic mass is 10.3. The van der Waals surface area contributed by atoms with Crippen molar-refractivity contribution >= 4 is 27.4 Å². The monoisotopic (exact) mass is 325 g/mol. The van der Waals surface area contributed by atoms with Crippen molar-refractivity contribution in [2.75, 3.05) is 6.61 Å². The van der Waals surface area contributed by atoms with Gasteiger partial charge in [-0.3, -0.25) is 14.9 Å². The Morgan fingerprint density at radius 3 is 2.79 bits per heavy atom. The number of ether oxygens (including phenoxy) is 1. The van der Waals surface area contributed by atoms with Gasteiger partial charge in [0.1, 0.15) is 10.2 Å². The van der Waals surface area contributed by atoms with E-state index >= 15 is 0 Å². The fourth-order valence-corrected chi connectivity index (χ4v) is 1.93. The number of carbonyl (C=O) groups excluding carboxylic acids is 1. The maximum absolute atomic E-state index is 11.6. The second-order valence-electron chi connectivity index (χ2n) is 3.54. The zero-order valence-electron chi connectivity index (χ0n) is 9.54. The normalized spacial score (nSPS) is 10.2. The fourth-order valence-electron chi connectivity index (χ4n) is 1.40. The van der Waals surface area contributed by atoms with Gasteiger partial charge in [-0.15, -0.1) is 0 Å². The molecule has 19 heavy (non-hydrogen) atoms. The van der Waals surface area contributed by atoms with Crippen LogP contribution in [0, 0.1) is 10.1 Å². The summed E-state index contributed by atoms with van der Waals surface area (Å²) in [7, 11) is 0. The third kappa shape index (κ3) is 3.00. The number of nitro benzene ring substituents is 1. The molecule has 2 aromatic rings. The molecule has 98 valence electrons.